The number of halogens is 3. The summed E-state index contributed by atoms with van der Waals surface area (Å²) in [5.41, 5.74) is -0.367. The van der Waals surface area contributed by atoms with Crippen LogP contribution in [0.1, 0.15) is 36.5 Å². The Balaban J connectivity index is 1.90. The fourth-order valence-electron chi connectivity index (χ4n) is 3.15. The molecule has 1 atom stereocenters. The van der Waals surface area contributed by atoms with Crippen molar-refractivity contribution in [2.45, 2.75) is 37.1 Å². The number of nitrogens with zero attached hydrogens (tertiary/aromatic N) is 1. The van der Waals surface area contributed by atoms with Crippen LogP contribution < -0.4 is 10.1 Å². The summed E-state index contributed by atoms with van der Waals surface area (Å²) in [5.74, 6) is -5.25. The quantitative estimate of drug-likeness (QED) is 0.712. The first-order valence-electron chi connectivity index (χ1n) is 9.36. The number of unbranched alkanes of at least 4 members (excludes halogenated alkanes) is 1. The second-order valence-corrected chi connectivity index (χ2v) is 8.96. The number of likely N-dealkylation sites (N-methyl/N-ethyl adjacent to an activating group) is 1. The van der Waals surface area contributed by atoms with Crippen molar-refractivity contribution in [3.05, 3.63) is 53.3 Å². The third kappa shape index (κ3) is 4.29. The standard InChI is InChI=1S/C20H21F3N2O4S/c1-3-4-5-14-11-29-17-7-6-12(8-18(17)30(27,28)25(14)2)20(26)24-13-9-15(21)19(23)16(22)10-13/h6-10,14H,3-5,11H2,1-2H3,(H,24,26). The topological polar surface area (TPSA) is 75.7 Å². The fraction of sp³-hybridized carbons (Fsp3) is 0.350. The van der Waals surface area contributed by atoms with Crippen LogP contribution in [-0.2, 0) is 10.0 Å². The van der Waals surface area contributed by atoms with E-state index in [-0.39, 0.29) is 34.5 Å². The Morgan fingerprint density at radius 2 is 1.87 bits per heavy atom. The highest BCUT2D eigenvalue weighted by molar-refractivity contribution is 7.89. The summed E-state index contributed by atoms with van der Waals surface area (Å²) in [6, 6.07) is 4.77. The van der Waals surface area contributed by atoms with Gasteiger partial charge in [0.1, 0.15) is 17.3 Å². The molecule has 3 rings (SSSR count). The Labute approximate surface area is 172 Å². The predicted molar refractivity (Wildman–Crippen MR) is 104 cm³/mol. The number of hydrogen-bond donors (Lipinski definition) is 1. The maximum Gasteiger partial charge on any atom is 0.255 e. The predicted octanol–water partition coefficient (Wildman–Crippen LogP) is 3.93. The summed E-state index contributed by atoms with van der Waals surface area (Å²) in [5, 5.41) is 2.23. The molecule has 0 saturated heterocycles. The van der Waals surface area contributed by atoms with Crippen LogP contribution in [-0.4, -0.2) is 38.3 Å². The van der Waals surface area contributed by atoms with Crippen LogP contribution in [0.5, 0.6) is 5.75 Å². The van der Waals surface area contributed by atoms with Gasteiger partial charge in [0, 0.05) is 30.4 Å². The highest BCUT2D eigenvalue weighted by Crippen LogP contribution is 2.33. The van der Waals surface area contributed by atoms with E-state index < -0.39 is 33.4 Å². The molecular formula is C20H21F3N2O4S. The normalized spacial score (nSPS) is 18.2. The number of fused-ring (bicyclic) bond motifs is 1. The molecule has 2 aromatic rings. The second-order valence-electron chi connectivity index (χ2n) is 7.00. The molecule has 30 heavy (non-hydrogen) atoms. The first-order valence-corrected chi connectivity index (χ1v) is 10.8. The van der Waals surface area contributed by atoms with Crippen molar-refractivity contribution in [2.24, 2.45) is 0 Å². The van der Waals surface area contributed by atoms with Gasteiger partial charge in [0.2, 0.25) is 10.0 Å². The third-order valence-electron chi connectivity index (χ3n) is 4.94. The lowest BCUT2D eigenvalue weighted by molar-refractivity contribution is 0.102. The summed E-state index contributed by atoms with van der Waals surface area (Å²) in [6.45, 7) is 2.19. The van der Waals surface area contributed by atoms with Crippen molar-refractivity contribution >= 4 is 21.6 Å². The first kappa shape index (κ1) is 22.1. The van der Waals surface area contributed by atoms with Gasteiger partial charge in [-0.1, -0.05) is 19.8 Å². The van der Waals surface area contributed by atoms with Gasteiger partial charge in [-0.3, -0.25) is 4.79 Å². The minimum absolute atomic E-state index is 0.0634. The van der Waals surface area contributed by atoms with Crippen molar-refractivity contribution < 1.29 is 31.1 Å². The summed E-state index contributed by atoms with van der Waals surface area (Å²) in [4.78, 5) is 12.3. The molecule has 0 aliphatic carbocycles. The number of rotatable bonds is 5. The Morgan fingerprint density at radius 3 is 2.50 bits per heavy atom. The van der Waals surface area contributed by atoms with Crippen molar-refractivity contribution in [3.63, 3.8) is 0 Å². The molecule has 0 fully saturated rings. The van der Waals surface area contributed by atoms with Gasteiger partial charge in [-0.2, -0.15) is 4.31 Å². The van der Waals surface area contributed by atoms with Crippen LogP contribution in [0.15, 0.2) is 35.2 Å². The number of benzene rings is 2. The van der Waals surface area contributed by atoms with E-state index >= 15 is 0 Å². The van der Waals surface area contributed by atoms with Gasteiger partial charge < -0.3 is 10.1 Å². The van der Waals surface area contributed by atoms with Gasteiger partial charge in [-0.15, -0.1) is 0 Å². The molecule has 1 aliphatic rings. The highest BCUT2D eigenvalue weighted by atomic mass is 32.2. The fourth-order valence-corrected chi connectivity index (χ4v) is 4.67. The molecule has 1 amide bonds. The molecular weight excluding hydrogens is 421 g/mol. The molecule has 1 aliphatic heterocycles. The average molecular weight is 442 g/mol. The molecule has 6 nitrogen and oxygen atoms in total. The lowest BCUT2D eigenvalue weighted by Crippen LogP contribution is -2.38. The summed E-state index contributed by atoms with van der Waals surface area (Å²) in [7, 11) is -2.46. The zero-order valence-corrected chi connectivity index (χ0v) is 17.2. The lowest BCUT2D eigenvalue weighted by Gasteiger charge is -2.23. The van der Waals surface area contributed by atoms with Crippen molar-refractivity contribution in [1.82, 2.24) is 4.31 Å². The zero-order chi connectivity index (χ0) is 22.1. The Kier molecular flexibility index (Phi) is 6.37. The summed E-state index contributed by atoms with van der Waals surface area (Å²) in [6.07, 6.45) is 2.38. The lowest BCUT2D eigenvalue weighted by atomic mass is 10.1. The molecule has 1 unspecified atom stereocenters. The monoisotopic (exact) mass is 442 g/mol. The molecule has 0 bridgehead atoms. The molecule has 10 heteroatoms. The van der Waals surface area contributed by atoms with Crippen molar-refractivity contribution in [1.29, 1.82) is 0 Å². The van der Waals surface area contributed by atoms with Crippen LogP contribution >= 0.6 is 0 Å². The molecule has 0 spiro atoms. The number of nitrogens with one attached hydrogen (secondary N) is 1. The van der Waals surface area contributed by atoms with E-state index in [0.29, 0.717) is 18.6 Å². The number of carbonyl (C=O) groups is 1. The maximum atomic E-state index is 13.4. The number of ether oxygens (including phenoxy) is 1. The van der Waals surface area contributed by atoms with Crippen molar-refractivity contribution in [3.8, 4) is 5.75 Å². The largest absolute Gasteiger partial charge is 0.490 e. The molecule has 162 valence electrons. The van der Waals surface area contributed by atoms with E-state index in [4.69, 9.17) is 4.74 Å². The Bertz CT molecular complexity index is 1050. The van der Waals surface area contributed by atoms with E-state index in [1.807, 2.05) is 6.92 Å². The number of sulfonamides is 1. The van der Waals surface area contributed by atoms with Crippen molar-refractivity contribution in [2.75, 3.05) is 19.0 Å². The van der Waals surface area contributed by atoms with E-state index in [1.54, 1.807) is 0 Å². The Hall–Kier alpha value is -2.59. The molecule has 0 aromatic heterocycles. The van der Waals surface area contributed by atoms with Gasteiger partial charge in [0.15, 0.2) is 17.5 Å². The first-order chi connectivity index (χ1) is 14.1. The molecule has 0 saturated carbocycles. The minimum Gasteiger partial charge on any atom is -0.490 e. The van der Waals surface area contributed by atoms with E-state index in [9.17, 15) is 26.4 Å². The maximum absolute atomic E-state index is 13.4. The van der Waals surface area contributed by atoms with Crippen LogP contribution in [0, 0.1) is 17.5 Å². The van der Waals surface area contributed by atoms with E-state index in [0.717, 1.165) is 18.9 Å². The van der Waals surface area contributed by atoms with E-state index in [2.05, 4.69) is 5.32 Å². The van der Waals surface area contributed by atoms with Gasteiger partial charge in [-0.25, -0.2) is 21.6 Å². The van der Waals surface area contributed by atoms with E-state index in [1.165, 1.54) is 23.5 Å². The summed E-state index contributed by atoms with van der Waals surface area (Å²) >= 11 is 0. The molecule has 1 N–H and O–H groups in total. The van der Waals surface area contributed by atoms with Crippen LogP contribution in [0.25, 0.3) is 0 Å². The molecule has 0 radical (unpaired) electrons. The Morgan fingerprint density at radius 1 is 1.20 bits per heavy atom. The van der Waals surface area contributed by atoms with Gasteiger partial charge in [0.05, 0.1) is 6.04 Å². The zero-order valence-electron chi connectivity index (χ0n) is 16.4. The number of amides is 1. The average Bonchev–Trinajstić information content (AvgIpc) is 2.79. The molecule has 1 heterocycles. The summed E-state index contributed by atoms with van der Waals surface area (Å²) < 4.78 is 72.8. The van der Waals surface area contributed by atoms with Gasteiger partial charge >= 0.3 is 0 Å². The number of hydrogen-bond acceptors (Lipinski definition) is 4. The molecule has 2 aromatic carbocycles. The number of carbonyl (C=O) groups excluding carboxylic acids is 1. The van der Waals surface area contributed by atoms with Crippen LogP contribution in [0.4, 0.5) is 18.9 Å². The SMILES string of the molecule is CCCCC1COc2ccc(C(=O)Nc3cc(F)c(F)c(F)c3)cc2S(=O)(=O)N1C. The highest BCUT2D eigenvalue weighted by Gasteiger charge is 2.34. The van der Waals surface area contributed by atoms with Gasteiger partial charge in [-0.05, 0) is 24.6 Å². The minimum atomic E-state index is -3.93. The van der Waals surface area contributed by atoms with Gasteiger partial charge in [0.25, 0.3) is 5.91 Å². The third-order valence-corrected chi connectivity index (χ3v) is 6.87. The number of anilines is 1. The van der Waals surface area contributed by atoms with Crippen LogP contribution in [0.2, 0.25) is 0 Å². The smallest absolute Gasteiger partial charge is 0.255 e. The van der Waals surface area contributed by atoms with Crippen LogP contribution in [0.3, 0.4) is 0 Å². The second kappa shape index (κ2) is 8.65.